The summed E-state index contributed by atoms with van der Waals surface area (Å²) in [6.45, 7) is 2.40. The van der Waals surface area contributed by atoms with E-state index in [4.69, 9.17) is 9.47 Å². The van der Waals surface area contributed by atoms with Gasteiger partial charge in [-0.2, -0.15) is 0 Å². The van der Waals surface area contributed by atoms with E-state index in [9.17, 15) is 9.59 Å². The van der Waals surface area contributed by atoms with Gasteiger partial charge in [-0.25, -0.2) is 0 Å². The number of rotatable bonds is 6. The first-order valence-electron chi connectivity index (χ1n) is 12.1. The van der Waals surface area contributed by atoms with Crippen molar-refractivity contribution in [1.82, 2.24) is 4.90 Å². The molecule has 2 fully saturated rings. The Kier molecular flexibility index (Phi) is 6.77. The van der Waals surface area contributed by atoms with Gasteiger partial charge in [-0.1, -0.05) is 42.5 Å². The summed E-state index contributed by atoms with van der Waals surface area (Å²) in [5, 5.41) is 5.01. The lowest BCUT2D eigenvalue weighted by atomic mass is 9.95. The average molecular weight is 459 g/mol. The third-order valence-corrected chi connectivity index (χ3v) is 6.66. The molecule has 176 valence electrons. The largest absolute Gasteiger partial charge is 0.491 e. The number of ether oxygens (including phenoxy) is 2. The van der Waals surface area contributed by atoms with Gasteiger partial charge in [0.05, 0.1) is 12.0 Å². The Balaban J connectivity index is 1.22. The fourth-order valence-electron chi connectivity index (χ4n) is 4.83. The number of fused-ring (bicyclic) bond motifs is 1. The quantitative estimate of drug-likeness (QED) is 0.571. The molecule has 0 spiro atoms. The van der Waals surface area contributed by atoms with Crippen LogP contribution in [0.15, 0.2) is 66.7 Å². The van der Waals surface area contributed by atoms with Crippen LogP contribution < -0.4 is 10.1 Å². The summed E-state index contributed by atoms with van der Waals surface area (Å²) < 4.78 is 11.5. The first-order valence-corrected chi connectivity index (χ1v) is 12.1. The van der Waals surface area contributed by atoms with Crippen molar-refractivity contribution in [2.75, 3.05) is 31.6 Å². The van der Waals surface area contributed by atoms with Gasteiger partial charge in [0.2, 0.25) is 5.91 Å². The molecule has 2 saturated heterocycles. The fourth-order valence-corrected chi connectivity index (χ4v) is 4.83. The summed E-state index contributed by atoms with van der Waals surface area (Å²) in [5.41, 5.74) is 1.39. The summed E-state index contributed by atoms with van der Waals surface area (Å²) in [5.74, 6) is 0.388. The highest BCUT2D eigenvalue weighted by molar-refractivity contribution is 6.07. The van der Waals surface area contributed by atoms with Crippen LogP contribution in [0.5, 0.6) is 5.75 Å². The van der Waals surface area contributed by atoms with Crippen molar-refractivity contribution in [3.05, 3.63) is 72.3 Å². The van der Waals surface area contributed by atoms with Crippen molar-refractivity contribution < 1.29 is 19.1 Å². The zero-order valence-electron chi connectivity index (χ0n) is 19.2. The number of hydrogen-bond acceptors (Lipinski definition) is 4. The van der Waals surface area contributed by atoms with Crippen molar-refractivity contribution in [1.29, 1.82) is 0 Å². The smallest absolute Gasteiger partial charge is 0.254 e. The lowest BCUT2D eigenvalue weighted by Gasteiger charge is -2.32. The maximum absolute atomic E-state index is 13.3. The number of amides is 2. The molecule has 2 heterocycles. The highest BCUT2D eigenvalue weighted by Crippen LogP contribution is 2.25. The zero-order valence-corrected chi connectivity index (χ0v) is 19.2. The van der Waals surface area contributed by atoms with Gasteiger partial charge in [0.15, 0.2) is 0 Å². The van der Waals surface area contributed by atoms with Crippen LogP contribution >= 0.6 is 0 Å². The Morgan fingerprint density at radius 2 is 1.85 bits per heavy atom. The van der Waals surface area contributed by atoms with Crippen molar-refractivity contribution >= 4 is 28.3 Å². The normalized spacial score (nSPS) is 20.3. The van der Waals surface area contributed by atoms with E-state index in [1.807, 2.05) is 71.6 Å². The van der Waals surface area contributed by atoms with E-state index in [0.717, 1.165) is 43.1 Å². The highest BCUT2D eigenvalue weighted by atomic mass is 16.5. The summed E-state index contributed by atoms with van der Waals surface area (Å²) in [6, 6.07) is 21.2. The first kappa shape index (κ1) is 22.4. The number of likely N-dealkylation sites (tertiary alicyclic amines) is 1. The Hall–Kier alpha value is -3.38. The monoisotopic (exact) mass is 458 g/mol. The Morgan fingerprint density at radius 3 is 2.74 bits per heavy atom. The van der Waals surface area contributed by atoms with Crippen LogP contribution in [0.4, 0.5) is 5.69 Å². The maximum atomic E-state index is 13.3. The standard InChI is InChI=1S/C28H30N2O4/c31-27(29-22-10-4-11-23(17-22)34-19-24-12-6-16-33-24)21-9-5-15-30(18-21)28(32)26-14-3-8-20-7-1-2-13-25(20)26/h1-4,7-8,10-11,13-14,17,21,24H,5-6,9,12,15-16,18-19H2,(H,29,31)/t21-,24-/m1/s1. The summed E-state index contributed by atoms with van der Waals surface area (Å²) >= 11 is 0. The van der Waals surface area contributed by atoms with Crippen molar-refractivity contribution in [3.63, 3.8) is 0 Å². The molecular formula is C28H30N2O4. The minimum Gasteiger partial charge on any atom is -0.491 e. The second kappa shape index (κ2) is 10.3. The Bertz CT molecular complexity index is 1170. The molecule has 3 aromatic rings. The third kappa shape index (κ3) is 5.07. The molecule has 6 heteroatoms. The van der Waals surface area contributed by atoms with Gasteiger partial charge in [0.25, 0.3) is 5.91 Å². The van der Waals surface area contributed by atoms with Gasteiger partial charge in [0, 0.05) is 37.0 Å². The molecule has 5 rings (SSSR count). The van der Waals surface area contributed by atoms with Crippen molar-refractivity contribution in [2.45, 2.75) is 31.8 Å². The van der Waals surface area contributed by atoms with Gasteiger partial charge < -0.3 is 19.7 Å². The topological polar surface area (TPSA) is 67.9 Å². The predicted octanol–water partition coefficient (Wildman–Crippen LogP) is 4.89. The molecule has 0 aliphatic carbocycles. The molecule has 2 aliphatic rings. The molecule has 2 amide bonds. The van der Waals surface area contributed by atoms with Crippen LogP contribution in [0.25, 0.3) is 10.8 Å². The molecule has 0 bridgehead atoms. The van der Waals surface area contributed by atoms with Crippen molar-refractivity contribution in [2.24, 2.45) is 5.92 Å². The van der Waals surface area contributed by atoms with E-state index in [0.29, 0.717) is 36.7 Å². The van der Waals surface area contributed by atoms with Crippen LogP contribution in [0, 0.1) is 5.92 Å². The molecule has 1 N–H and O–H groups in total. The lowest BCUT2D eigenvalue weighted by molar-refractivity contribution is -0.121. The van der Waals surface area contributed by atoms with Crippen LogP contribution in [-0.4, -0.2) is 49.1 Å². The second-order valence-corrected chi connectivity index (χ2v) is 9.08. The second-order valence-electron chi connectivity index (χ2n) is 9.08. The average Bonchev–Trinajstić information content (AvgIpc) is 3.41. The predicted molar refractivity (Wildman–Crippen MR) is 132 cm³/mol. The number of hydrogen-bond donors (Lipinski definition) is 1. The minimum atomic E-state index is -0.246. The van der Waals surface area contributed by atoms with Crippen LogP contribution in [-0.2, 0) is 9.53 Å². The molecule has 6 nitrogen and oxygen atoms in total. The SMILES string of the molecule is O=C(Nc1cccc(OC[C@H]2CCCO2)c1)[C@@H]1CCCN(C(=O)c2cccc3ccccc23)C1. The zero-order chi connectivity index (χ0) is 23.3. The molecule has 2 aliphatic heterocycles. The van der Waals surface area contributed by atoms with Gasteiger partial charge in [0.1, 0.15) is 12.4 Å². The summed E-state index contributed by atoms with van der Waals surface area (Å²) in [4.78, 5) is 28.2. The van der Waals surface area contributed by atoms with E-state index in [2.05, 4.69) is 5.32 Å². The van der Waals surface area contributed by atoms with Crippen LogP contribution in [0.2, 0.25) is 0 Å². The number of benzene rings is 3. The maximum Gasteiger partial charge on any atom is 0.254 e. The molecule has 2 atom stereocenters. The number of anilines is 1. The van der Waals surface area contributed by atoms with Gasteiger partial charge in [-0.3, -0.25) is 9.59 Å². The van der Waals surface area contributed by atoms with Gasteiger partial charge in [-0.15, -0.1) is 0 Å². The minimum absolute atomic E-state index is 0.0150. The Morgan fingerprint density at radius 1 is 1.00 bits per heavy atom. The highest BCUT2D eigenvalue weighted by Gasteiger charge is 2.29. The Labute approximate surface area is 199 Å². The van der Waals surface area contributed by atoms with E-state index in [1.165, 1.54) is 0 Å². The molecule has 0 radical (unpaired) electrons. The van der Waals surface area contributed by atoms with E-state index >= 15 is 0 Å². The van der Waals surface area contributed by atoms with Crippen LogP contribution in [0.3, 0.4) is 0 Å². The molecule has 34 heavy (non-hydrogen) atoms. The first-order chi connectivity index (χ1) is 16.7. The molecule has 0 aromatic heterocycles. The number of piperidine rings is 1. The van der Waals surface area contributed by atoms with E-state index in [-0.39, 0.29) is 23.8 Å². The van der Waals surface area contributed by atoms with Crippen LogP contribution in [0.1, 0.15) is 36.0 Å². The number of nitrogens with zero attached hydrogens (tertiary/aromatic N) is 1. The lowest BCUT2D eigenvalue weighted by Crippen LogP contribution is -2.43. The van der Waals surface area contributed by atoms with Crippen molar-refractivity contribution in [3.8, 4) is 5.75 Å². The molecule has 3 aromatic carbocycles. The molecule has 0 saturated carbocycles. The van der Waals surface area contributed by atoms with Gasteiger partial charge >= 0.3 is 0 Å². The summed E-state index contributed by atoms with van der Waals surface area (Å²) in [6.07, 6.45) is 3.81. The number of nitrogens with one attached hydrogen (secondary N) is 1. The summed E-state index contributed by atoms with van der Waals surface area (Å²) in [7, 11) is 0. The molecular weight excluding hydrogens is 428 g/mol. The van der Waals surface area contributed by atoms with Gasteiger partial charge in [-0.05, 0) is 54.7 Å². The number of carbonyl (C=O) groups excluding carboxylic acids is 2. The number of carbonyl (C=O) groups is 2. The fraction of sp³-hybridized carbons (Fsp3) is 0.357. The third-order valence-electron chi connectivity index (χ3n) is 6.66. The molecule has 0 unspecified atom stereocenters. The van der Waals surface area contributed by atoms with E-state index < -0.39 is 0 Å². The van der Waals surface area contributed by atoms with E-state index in [1.54, 1.807) is 0 Å².